The molecule has 4 saturated carbocycles. The third-order valence-electron chi connectivity index (χ3n) is 18.2. The third kappa shape index (κ3) is 8.76. The van der Waals surface area contributed by atoms with Crippen molar-refractivity contribution >= 4 is 0 Å². The first-order chi connectivity index (χ1) is 31.5. The van der Waals surface area contributed by atoms with Crippen LogP contribution in [0.5, 0.6) is 0 Å². The van der Waals surface area contributed by atoms with Crippen LogP contribution in [0.3, 0.4) is 0 Å². The number of ether oxygens (including phenoxy) is 7. The molecule has 0 aromatic rings. The maximum absolute atomic E-state index is 12.6. The molecule has 4 aliphatic carbocycles. The second kappa shape index (κ2) is 19.5. The fraction of sp³-hybridized carbons (Fsp3) is 1.00. The molecule has 8 rings (SSSR count). The summed E-state index contributed by atoms with van der Waals surface area (Å²) >= 11 is 0. The van der Waals surface area contributed by atoms with Crippen molar-refractivity contribution in [3.8, 4) is 0 Å². The topological polar surface area (TPSA) is 368 Å². The Morgan fingerprint density at radius 3 is 1.85 bits per heavy atom. The lowest BCUT2D eigenvalue weighted by Gasteiger charge is -2.66. The standard InChI is InChI=1S/C45H76O22/c1-17(16-61-39-35(56)32(53)30(51)25(13-46)63-39)5-8-45(60)18(2)29-23(67-45)10-21-19-9-28(50)44(59)12-24(22(49)11-43(44,4)20(19)6-7-42(21,29)3)62-40-37(58)34(55)38(27(15-48)65-40)66-41-36(57)33(54)31(52)26(14-47)64-41/h17-41,46-60H,5-16H2,1-4H3/t17?,18-,19+,20-,21-,22+,23-,24+,25+,26+,27+,28+,29-,30+,31+,32-,33-,34+,35+,36+,37+,38+,39+,40+,41-,42-,43+,44-,45+/m0/s1. The predicted molar refractivity (Wildman–Crippen MR) is 223 cm³/mol. The van der Waals surface area contributed by atoms with Gasteiger partial charge in [0.05, 0.1) is 56.4 Å². The Hall–Kier alpha value is -0.880. The van der Waals surface area contributed by atoms with E-state index in [0.717, 1.165) is 6.42 Å². The molecular weight excluding hydrogens is 892 g/mol. The normalized spacial score (nSPS) is 57.0. The molecular formula is C45H76O22. The fourth-order valence-corrected chi connectivity index (χ4v) is 14.2. The van der Waals surface area contributed by atoms with Crippen LogP contribution in [0, 0.1) is 46.3 Å². The van der Waals surface area contributed by atoms with Crippen molar-refractivity contribution in [1.82, 2.24) is 0 Å². The van der Waals surface area contributed by atoms with Crippen LogP contribution in [-0.4, -0.2) is 231 Å². The number of fused-ring (bicyclic) bond motifs is 7. The van der Waals surface area contributed by atoms with Crippen molar-refractivity contribution in [3.05, 3.63) is 0 Å². The van der Waals surface area contributed by atoms with Crippen molar-refractivity contribution in [2.24, 2.45) is 46.3 Å². The second-order valence-electron chi connectivity index (χ2n) is 21.9. The minimum absolute atomic E-state index is 0.00756. The molecule has 0 radical (unpaired) electrons. The van der Waals surface area contributed by atoms with Gasteiger partial charge in [0, 0.05) is 24.2 Å². The highest BCUT2D eigenvalue weighted by Crippen LogP contribution is 2.71. The molecule has 0 spiro atoms. The van der Waals surface area contributed by atoms with Gasteiger partial charge in [0.1, 0.15) is 73.2 Å². The first-order valence-corrected chi connectivity index (χ1v) is 24.1. The van der Waals surface area contributed by atoms with Crippen LogP contribution in [0.15, 0.2) is 0 Å². The van der Waals surface area contributed by atoms with Crippen LogP contribution >= 0.6 is 0 Å². The summed E-state index contributed by atoms with van der Waals surface area (Å²) in [5.41, 5.74) is -3.02. The molecule has 0 bridgehead atoms. The van der Waals surface area contributed by atoms with Crippen LogP contribution < -0.4 is 0 Å². The van der Waals surface area contributed by atoms with E-state index in [1.807, 2.05) is 20.8 Å². The molecule has 0 aromatic heterocycles. The SMILES string of the molecule is CC(CC[C@@]1(O)O[C@H]2C[C@H]3[C@@H]4C[C@@H](O)[C@@]5(O)C[C@@H](O[C@@H]6O[C@H](CO)[C@@H](O[C@@H]7O[C@H](CO)[C@@H](O)[C@H](O)[C@H]7O)[C@H](O)[C@H]6O)[C@H](O)C[C@]5(C)[C@H]4CC[C@]3(C)[C@H]2[C@@H]1C)CO[C@@H]1O[C@H](CO)[C@@H](O)[C@H](O)[C@H]1O. The number of hydrogen-bond acceptors (Lipinski definition) is 22. The maximum atomic E-state index is 12.6. The van der Waals surface area contributed by atoms with E-state index in [1.54, 1.807) is 0 Å². The van der Waals surface area contributed by atoms with Gasteiger partial charge in [0.15, 0.2) is 24.7 Å². The Kier molecular flexibility index (Phi) is 15.3. The molecule has 388 valence electrons. The van der Waals surface area contributed by atoms with Crippen LogP contribution in [-0.2, 0) is 33.2 Å². The van der Waals surface area contributed by atoms with E-state index in [9.17, 15) is 76.6 Å². The average Bonchev–Trinajstić information content (AvgIpc) is 3.73. The van der Waals surface area contributed by atoms with Crippen molar-refractivity contribution in [1.29, 1.82) is 0 Å². The molecule has 67 heavy (non-hydrogen) atoms. The Labute approximate surface area is 388 Å². The van der Waals surface area contributed by atoms with Gasteiger partial charge in [-0.05, 0) is 73.5 Å². The highest BCUT2D eigenvalue weighted by Gasteiger charge is 2.72. The summed E-state index contributed by atoms with van der Waals surface area (Å²) < 4.78 is 40.8. The summed E-state index contributed by atoms with van der Waals surface area (Å²) in [5.74, 6) is -1.93. The van der Waals surface area contributed by atoms with Crippen molar-refractivity contribution in [2.75, 3.05) is 26.4 Å². The molecule has 8 fully saturated rings. The smallest absolute Gasteiger partial charge is 0.187 e. The zero-order chi connectivity index (χ0) is 48.9. The lowest BCUT2D eigenvalue weighted by Crippen LogP contribution is -2.71. The highest BCUT2D eigenvalue weighted by atomic mass is 16.7. The van der Waals surface area contributed by atoms with Gasteiger partial charge >= 0.3 is 0 Å². The minimum Gasteiger partial charge on any atom is -0.394 e. The largest absolute Gasteiger partial charge is 0.394 e. The predicted octanol–water partition coefficient (Wildman–Crippen LogP) is -4.72. The van der Waals surface area contributed by atoms with E-state index >= 15 is 0 Å². The summed E-state index contributed by atoms with van der Waals surface area (Å²) in [6.45, 7) is 6.05. The second-order valence-corrected chi connectivity index (χ2v) is 21.9. The zero-order valence-corrected chi connectivity index (χ0v) is 38.5. The summed E-state index contributed by atoms with van der Waals surface area (Å²) in [5, 5.41) is 162. The first kappa shape index (κ1) is 52.4. The Bertz CT molecular complexity index is 1680. The Morgan fingerprint density at radius 2 is 1.22 bits per heavy atom. The summed E-state index contributed by atoms with van der Waals surface area (Å²) in [6.07, 6.45) is -24.7. The molecule has 4 saturated heterocycles. The van der Waals surface area contributed by atoms with Crippen LogP contribution in [0.4, 0.5) is 0 Å². The monoisotopic (exact) mass is 968 g/mol. The van der Waals surface area contributed by atoms with Crippen molar-refractivity contribution < 1.29 is 110 Å². The number of hydrogen-bond donors (Lipinski definition) is 15. The van der Waals surface area contributed by atoms with E-state index in [2.05, 4.69) is 6.92 Å². The molecule has 8 aliphatic rings. The van der Waals surface area contributed by atoms with Gasteiger partial charge < -0.3 is 110 Å². The van der Waals surface area contributed by atoms with Gasteiger partial charge in [0.25, 0.3) is 0 Å². The quantitative estimate of drug-likeness (QED) is 0.0771. The van der Waals surface area contributed by atoms with E-state index < -0.39 is 147 Å². The molecule has 15 N–H and O–H groups in total. The molecule has 4 heterocycles. The molecule has 0 amide bonds. The molecule has 22 heteroatoms. The number of aliphatic hydroxyl groups is 15. The first-order valence-electron chi connectivity index (χ1n) is 24.1. The zero-order valence-electron chi connectivity index (χ0n) is 38.5. The summed E-state index contributed by atoms with van der Waals surface area (Å²) in [4.78, 5) is 0. The average molecular weight is 969 g/mol. The summed E-state index contributed by atoms with van der Waals surface area (Å²) in [7, 11) is 0. The molecule has 0 aromatic carbocycles. The Balaban J connectivity index is 0.885. The van der Waals surface area contributed by atoms with Gasteiger partial charge in [-0.25, -0.2) is 0 Å². The molecule has 29 atom stereocenters. The maximum Gasteiger partial charge on any atom is 0.187 e. The number of rotatable bonds is 13. The molecule has 4 aliphatic heterocycles. The van der Waals surface area contributed by atoms with Crippen LogP contribution in [0.1, 0.15) is 79.1 Å². The van der Waals surface area contributed by atoms with Crippen LogP contribution in [0.25, 0.3) is 0 Å². The van der Waals surface area contributed by atoms with E-state index in [4.69, 9.17) is 33.2 Å². The van der Waals surface area contributed by atoms with E-state index in [1.165, 1.54) is 0 Å². The Morgan fingerprint density at radius 1 is 0.657 bits per heavy atom. The van der Waals surface area contributed by atoms with Gasteiger partial charge in [0.2, 0.25) is 0 Å². The van der Waals surface area contributed by atoms with E-state index in [-0.39, 0.29) is 72.9 Å². The van der Waals surface area contributed by atoms with Crippen molar-refractivity contribution in [2.45, 2.75) is 207 Å². The lowest BCUT2D eigenvalue weighted by atomic mass is 9.42. The van der Waals surface area contributed by atoms with Gasteiger partial charge in [-0.2, -0.15) is 0 Å². The van der Waals surface area contributed by atoms with E-state index in [0.29, 0.717) is 25.7 Å². The minimum atomic E-state index is -1.86. The fourth-order valence-electron chi connectivity index (χ4n) is 14.2. The van der Waals surface area contributed by atoms with Gasteiger partial charge in [-0.15, -0.1) is 0 Å². The van der Waals surface area contributed by atoms with Gasteiger partial charge in [-0.3, -0.25) is 0 Å². The number of aliphatic hydroxyl groups excluding tert-OH is 13. The molecule has 1 unspecified atom stereocenters. The third-order valence-corrected chi connectivity index (χ3v) is 18.2. The van der Waals surface area contributed by atoms with Crippen LogP contribution in [0.2, 0.25) is 0 Å². The summed E-state index contributed by atoms with van der Waals surface area (Å²) in [6, 6.07) is 0. The van der Waals surface area contributed by atoms with Crippen molar-refractivity contribution in [3.63, 3.8) is 0 Å². The molecule has 22 nitrogen and oxygen atoms in total. The highest BCUT2D eigenvalue weighted by molar-refractivity contribution is 5.20. The van der Waals surface area contributed by atoms with Gasteiger partial charge in [-0.1, -0.05) is 27.7 Å². The lowest BCUT2D eigenvalue weighted by molar-refractivity contribution is -0.370.